The van der Waals surface area contributed by atoms with Gasteiger partial charge in [0.05, 0.1) is 6.33 Å². The zero-order chi connectivity index (χ0) is 28.9. The Balaban J connectivity index is 1.25. The van der Waals surface area contributed by atoms with Crippen LogP contribution in [0.15, 0.2) is 6.33 Å². The lowest BCUT2D eigenvalue weighted by molar-refractivity contribution is -0.0973. The highest BCUT2D eigenvalue weighted by Crippen LogP contribution is 2.67. The van der Waals surface area contributed by atoms with E-state index in [1.54, 1.807) is 0 Å². The third kappa shape index (κ3) is 5.29. The molecule has 5 fully saturated rings. The van der Waals surface area contributed by atoms with Crippen molar-refractivity contribution >= 4 is 46.2 Å². The second-order valence-corrected chi connectivity index (χ2v) is 17.3. The standard InChI is InChI=1S/C23H34ClN6O8PS/c1-21-3-12-4-22(2,7-21)9-23(5-12,8-21)29-17-14-18(28-20(24)27-17)30(10-25-14)19-16(32)15(31)13(38-19)6-26-39(33,34)11-40(35,36)37/h10,12-13,15-16,19,31-32H,3-9,11H2,1-2H3,(H2,26,33,34)(H,27,28,29)(H,35,36,37)/t12-,13-,15?,16?,19-,21+,22-,23-/m1/s1. The summed E-state index contributed by atoms with van der Waals surface area (Å²) in [5.74, 6) is 1.13. The average Bonchev–Trinajstić information content (AvgIpc) is 3.29. The molecule has 0 radical (unpaired) electrons. The maximum absolute atomic E-state index is 12.1. The van der Waals surface area contributed by atoms with Crippen molar-refractivity contribution in [2.75, 3.05) is 17.4 Å². The third-order valence-electron chi connectivity index (χ3n) is 8.89. The predicted octanol–water partition coefficient (Wildman–Crippen LogP) is 1.88. The van der Waals surface area contributed by atoms with Crippen molar-refractivity contribution < 1.29 is 37.4 Å². The van der Waals surface area contributed by atoms with Gasteiger partial charge >= 0.3 is 0 Å². The van der Waals surface area contributed by atoms with Crippen molar-refractivity contribution in [3.05, 3.63) is 11.6 Å². The van der Waals surface area contributed by atoms with Crippen molar-refractivity contribution in [1.29, 1.82) is 0 Å². The molecule has 14 nitrogen and oxygen atoms in total. The van der Waals surface area contributed by atoms with Gasteiger partial charge in [0.2, 0.25) is 5.28 Å². The van der Waals surface area contributed by atoms with Gasteiger partial charge in [0, 0.05) is 12.1 Å². The van der Waals surface area contributed by atoms with Gasteiger partial charge in [0.25, 0.3) is 17.6 Å². The smallest absolute Gasteiger partial charge is 0.284 e. The van der Waals surface area contributed by atoms with E-state index >= 15 is 0 Å². The molecule has 1 saturated heterocycles. The van der Waals surface area contributed by atoms with Gasteiger partial charge in [0.15, 0.2) is 28.7 Å². The Hall–Kier alpha value is -1.42. The molecule has 222 valence electrons. The summed E-state index contributed by atoms with van der Waals surface area (Å²) in [5, 5.41) is 27.1. The van der Waals surface area contributed by atoms with E-state index in [1.807, 2.05) is 0 Å². The summed E-state index contributed by atoms with van der Waals surface area (Å²) >= 11 is 6.35. The first-order chi connectivity index (χ1) is 18.5. The van der Waals surface area contributed by atoms with E-state index in [4.69, 9.17) is 20.9 Å². The number of nitrogens with one attached hydrogen (secondary N) is 2. The van der Waals surface area contributed by atoms with Gasteiger partial charge in [0.1, 0.15) is 18.3 Å². The fraction of sp³-hybridized carbons (Fsp3) is 0.783. The Labute approximate surface area is 236 Å². The fourth-order valence-electron chi connectivity index (χ4n) is 8.63. The van der Waals surface area contributed by atoms with E-state index in [9.17, 15) is 28.1 Å². The molecule has 2 aromatic rings. The van der Waals surface area contributed by atoms with Gasteiger partial charge < -0.3 is 25.2 Å². The van der Waals surface area contributed by atoms with E-state index < -0.39 is 54.2 Å². The number of hydrogen-bond acceptors (Lipinski definition) is 10. The van der Waals surface area contributed by atoms with E-state index in [2.05, 4.69) is 39.2 Å². The van der Waals surface area contributed by atoms with Crippen LogP contribution in [-0.4, -0.2) is 83.5 Å². The monoisotopic (exact) mass is 620 g/mol. The van der Waals surface area contributed by atoms with Gasteiger partial charge in [-0.2, -0.15) is 18.4 Å². The first-order valence-electron chi connectivity index (χ1n) is 13.2. The molecule has 6 N–H and O–H groups in total. The van der Waals surface area contributed by atoms with Gasteiger partial charge in [-0.1, -0.05) is 13.8 Å². The highest BCUT2D eigenvalue weighted by molar-refractivity contribution is 7.93. The number of hydrogen-bond donors (Lipinski definition) is 6. The molecular weight excluding hydrogens is 587 g/mol. The van der Waals surface area contributed by atoms with E-state index in [0.29, 0.717) is 17.3 Å². The largest absolute Gasteiger partial charge is 0.387 e. The zero-order valence-corrected chi connectivity index (χ0v) is 24.5. The molecule has 7 rings (SSSR count). The Morgan fingerprint density at radius 2 is 1.82 bits per heavy atom. The van der Waals surface area contributed by atoms with Crippen molar-refractivity contribution in [2.45, 2.75) is 82.5 Å². The molecule has 0 spiro atoms. The van der Waals surface area contributed by atoms with E-state index in [1.165, 1.54) is 30.2 Å². The molecule has 4 saturated carbocycles. The minimum Gasteiger partial charge on any atom is -0.387 e. The molecule has 3 heterocycles. The van der Waals surface area contributed by atoms with Crippen molar-refractivity contribution in [2.24, 2.45) is 16.7 Å². The van der Waals surface area contributed by atoms with E-state index in [0.717, 1.165) is 19.3 Å². The van der Waals surface area contributed by atoms with Crippen LogP contribution in [0.3, 0.4) is 0 Å². The summed E-state index contributed by atoms with van der Waals surface area (Å²) < 4.78 is 50.2. The maximum Gasteiger partial charge on any atom is 0.284 e. The molecule has 0 amide bonds. The van der Waals surface area contributed by atoms with Crippen LogP contribution in [-0.2, 0) is 19.4 Å². The molecular formula is C23H34ClN6O8PS. The number of aromatic nitrogens is 4. The molecule has 3 unspecified atom stereocenters. The van der Waals surface area contributed by atoms with Crippen LogP contribution in [0, 0.1) is 16.7 Å². The van der Waals surface area contributed by atoms with Crippen LogP contribution >= 0.6 is 19.1 Å². The topological polar surface area (TPSA) is 209 Å². The quantitative estimate of drug-likeness (QED) is 0.142. The normalized spacial score (nSPS) is 40.5. The number of ether oxygens (including phenoxy) is 1. The predicted molar refractivity (Wildman–Crippen MR) is 144 cm³/mol. The molecule has 40 heavy (non-hydrogen) atoms. The molecule has 17 heteroatoms. The van der Waals surface area contributed by atoms with Crippen LogP contribution in [0.1, 0.15) is 58.6 Å². The summed E-state index contributed by atoms with van der Waals surface area (Å²) in [6, 6.07) is 0. The maximum atomic E-state index is 12.1. The van der Waals surface area contributed by atoms with Gasteiger partial charge in [-0.15, -0.1) is 0 Å². The Morgan fingerprint density at radius 1 is 1.15 bits per heavy atom. The van der Waals surface area contributed by atoms with Crippen LogP contribution in [0.2, 0.25) is 5.28 Å². The highest BCUT2D eigenvalue weighted by atomic mass is 35.5. The first kappa shape index (κ1) is 28.7. The number of aliphatic hydroxyl groups excluding tert-OH is 2. The van der Waals surface area contributed by atoms with Crippen LogP contribution in [0.4, 0.5) is 5.82 Å². The number of halogens is 1. The number of imidazole rings is 1. The van der Waals surface area contributed by atoms with Crippen molar-refractivity contribution in [3.63, 3.8) is 0 Å². The lowest BCUT2D eigenvalue weighted by Crippen LogP contribution is -2.61. The molecule has 0 aromatic carbocycles. The number of fused-ring (bicyclic) bond motifs is 1. The SMILES string of the molecule is C[C@]12C[C@@H]3C[C@](C)(C1)C[C@@](Nc1nc(Cl)nc4c1ncn4[C@@H]1O[C@H](CNP(=O)(O)CS(=O)(=O)O)C(O)C1O)(C3)C2. The van der Waals surface area contributed by atoms with Gasteiger partial charge in [-0.05, 0) is 66.9 Å². The van der Waals surface area contributed by atoms with E-state index in [-0.39, 0.29) is 27.3 Å². The van der Waals surface area contributed by atoms with Crippen molar-refractivity contribution in [1.82, 2.24) is 24.6 Å². The number of rotatable bonds is 8. The van der Waals surface area contributed by atoms with Gasteiger partial charge in [-0.3, -0.25) is 13.7 Å². The third-order valence-corrected chi connectivity index (χ3v) is 12.4. The van der Waals surface area contributed by atoms with Crippen LogP contribution in [0.5, 0.6) is 0 Å². The summed E-state index contributed by atoms with van der Waals surface area (Å²) in [6.07, 6.45) is 2.82. The fourth-order valence-corrected chi connectivity index (χ4v) is 11.4. The van der Waals surface area contributed by atoms with Crippen molar-refractivity contribution in [3.8, 4) is 0 Å². The summed E-state index contributed by atoms with van der Waals surface area (Å²) in [6.45, 7) is 4.27. The molecule has 4 aliphatic carbocycles. The number of nitrogens with zero attached hydrogens (tertiary/aromatic N) is 4. The summed E-state index contributed by atoms with van der Waals surface area (Å²) in [7, 11) is -9.24. The second kappa shape index (κ2) is 9.29. The number of aliphatic hydroxyl groups is 2. The summed E-state index contributed by atoms with van der Waals surface area (Å²) in [4.78, 5) is 23.1. The Morgan fingerprint density at radius 3 is 2.45 bits per heavy atom. The molecule has 5 aliphatic rings. The van der Waals surface area contributed by atoms with Crippen LogP contribution in [0.25, 0.3) is 11.2 Å². The Bertz CT molecular complexity index is 1490. The minimum atomic E-state index is -4.73. The highest BCUT2D eigenvalue weighted by Gasteiger charge is 2.60. The lowest BCUT2D eigenvalue weighted by atomic mass is 9.43. The van der Waals surface area contributed by atoms with Crippen LogP contribution < -0.4 is 10.4 Å². The Kier molecular flexibility index (Phi) is 6.66. The first-order valence-corrected chi connectivity index (χ1v) is 17.0. The lowest BCUT2D eigenvalue weighted by Gasteiger charge is -2.65. The number of anilines is 1. The molecule has 4 bridgehead atoms. The molecule has 9 atom stereocenters. The minimum absolute atomic E-state index is 0.0309. The molecule has 2 aromatic heterocycles. The molecule has 1 aliphatic heterocycles. The second-order valence-electron chi connectivity index (χ2n) is 13.0. The average molecular weight is 621 g/mol. The summed E-state index contributed by atoms with van der Waals surface area (Å²) in [5.41, 5.74) is -0.334. The zero-order valence-electron chi connectivity index (χ0n) is 22.1. The van der Waals surface area contributed by atoms with Gasteiger partial charge in [-0.25, -0.2) is 10.1 Å².